The van der Waals surface area contributed by atoms with E-state index >= 15 is 0 Å². The van der Waals surface area contributed by atoms with Gasteiger partial charge in [-0.05, 0) is 35.6 Å². The number of carbonyl (C=O) groups excluding carboxylic acids is 2. The molecule has 3 aromatic rings. The number of amides is 2. The molecule has 0 aliphatic heterocycles. The largest absolute Gasteiger partial charge is 0.361 e. The molecular weight excluding hydrogens is 326 g/mol. The number of fused-ring (bicyclic) bond motifs is 1. The van der Waals surface area contributed by atoms with E-state index in [2.05, 4.69) is 15.6 Å². The number of carbonyl (C=O) groups is 2. The van der Waals surface area contributed by atoms with Crippen LogP contribution in [0.1, 0.15) is 30.9 Å². The number of para-hydroxylation sites is 2. The van der Waals surface area contributed by atoms with Crippen LogP contribution in [0.3, 0.4) is 0 Å². The molecule has 0 fully saturated rings. The van der Waals surface area contributed by atoms with Crippen LogP contribution in [0, 0.1) is 0 Å². The summed E-state index contributed by atoms with van der Waals surface area (Å²) in [6, 6.07) is 15.5. The van der Waals surface area contributed by atoms with Crippen molar-refractivity contribution in [3.63, 3.8) is 0 Å². The molecule has 0 spiro atoms. The van der Waals surface area contributed by atoms with Gasteiger partial charge in [-0.25, -0.2) is 0 Å². The topological polar surface area (TPSA) is 74.0 Å². The van der Waals surface area contributed by atoms with Crippen LogP contribution in [-0.2, 0) is 16.0 Å². The van der Waals surface area contributed by atoms with Crippen molar-refractivity contribution in [2.75, 3.05) is 11.9 Å². The highest BCUT2D eigenvalue weighted by molar-refractivity contribution is 6.39. The number of benzene rings is 2. The van der Waals surface area contributed by atoms with Gasteiger partial charge < -0.3 is 15.6 Å². The zero-order chi connectivity index (χ0) is 18.5. The van der Waals surface area contributed by atoms with E-state index in [1.165, 1.54) is 0 Å². The molecule has 0 unspecified atom stereocenters. The molecule has 134 valence electrons. The summed E-state index contributed by atoms with van der Waals surface area (Å²) in [5.74, 6) is -1.00. The molecule has 2 aromatic carbocycles. The Morgan fingerprint density at radius 1 is 1.00 bits per heavy atom. The smallest absolute Gasteiger partial charge is 0.313 e. The molecule has 0 aliphatic rings. The van der Waals surface area contributed by atoms with E-state index in [1.807, 2.05) is 68.6 Å². The second-order valence-corrected chi connectivity index (χ2v) is 6.56. The quantitative estimate of drug-likeness (QED) is 0.616. The monoisotopic (exact) mass is 349 g/mol. The van der Waals surface area contributed by atoms with E-state index in [9.17, 15) is 9.59 Å². The summed E-state index contributed by atoms with van der Waals surface area (Å²) in [6.07, 6.45) is 2.60. The summed E-state index contributed by atoms with van der Waals surface area (Å²) in [6.45, 7) is 4.50. The highest BCUT2D eigenvalue weighted by Crippen LogP contribution is 2.23. The van der Waals surface area contributed by atoms with Crippen molar-refractivity contribution < 1.29 is 9.59 Å². The van der Waals surface area contributed by atoms with Crippen LogP contribution in [0.4, 0.5) is 5.69 Å². The van der Waals surface area contributed by atoms with Crippen molar-refractivity contribution in [3.8, 4) is 0 Å². The molecule has 0 aliphatic carbocycles. The molecule has 2 amide bonds. The maximum atomic E-state index is 12.2. The van der Waals surface area contributed by atoms with Crippen LogP contribution in [0.25, 0.3) is 10.9 Å². The van der Waals surface area contributed by atoms with Crippen molar-refractivity contribution in [2.24, 2.45) is 0 Å². The second-order valence-electron chi connectivity index (χ2n) is 6.56. The van der Waals surface area contributed by atoms with Gasteiger partial charge in [0.25, 0.3) is 0 Å². The minimum absolute atomic E-state index is 0.261. The maximum absolute atomic E-state index is 12.2. The number of rotatable bonds is 5. The predicted molar refractivity (Wildman–Crippen MR) is 104 cm³/mol. The van der Waals surface area contributed by atoms with Gasteiger partial charge in [0.2, 0.25) is 0 Å². The lowest BCUT2D eigenvalue weighted by molar-refractivity contribution is -0.136. The summed E-state index contributed by atoms with van der Waals surface area (Å²) in [4.78, 5) is 27.5. The van der Waals surface area contributed by atoms with Crippen LogP contribution in [0.2, 0.25) is 0 Å². The molecule has 0 radical (unpaired) electrons. The molecular formula is C21H23N3O2. The third-order valence-electron chi connectivity index (χ3n) is 4.39. The fraction of sp³-hybridized carbons (Fsp3) is 0.238. The Bertz CT molecular complexity index is 928. The van der Waals surface area contributed by atoms with E-state index < -0.39 is 11.8 Å². The lowest BCUT2D eigenvalue weighted by Crippen LogP contribution is -2.36. The summed E-state index contributed by atoms with van der Waals surface area (Å²) in [5.41, 5.74) is 3.87. The standard InChI is InChI=1S/C21H23N3O2/c1-14(2)16-7-3-6-10-19(16)24-21(26)20(25)22-12-11-15-13-23-18-9-5-4-8-17(15)18/h3-10,13-14,23H,11-12H2,1-2H3,(H,22,25)(H,24,26). The number of hydrogen-bond acceptors (Lipinski definition) is 2. The van der Waals surface area contributed by atoms with Crippen molar-refractivity contribution in [2.45, 2.75) is 26.2 Å². The zero-order valence-electron chi connectivity index (χ0n) is 15.0. The van der Waals surface area contributed by atoms with Crippen molar-refractivity contribution in [3.05, 3.63) is 65.9 Å². The molecule has 3 N–H and O–H groups in total. The third-order valence-corrected chi connectivity index (χ3v) is 4.39. The summed E-state index contributed by atoms with van der Waals surface area (Å²) < 4.78 is 0. The van der Waals surface area contributed by atoms with E-state index in [4.69, 9.17) is 0 Å². The van der Waals surface area contributed by atoms with Gasteiger partial charge in [-0.2, -0.15) is 0 Å². The normalized spacial score (nSPS) is 10.9. The average molecular weight is 349 g/mol. The minimum atomic E-state index is -0.642. The summed E-state index contributed by atoms with van der Waals surface area (Å²) in [7, 11) is 0. The van der Waals surface area contributed by atoms with Crippen LogP contribution in [-0.4, -0.2) is 23.3 Å². The molecule has 0 atom stereocenters. The lowest BCUT2D eigenvalue weighted by Gasteiger charge is -2.13. The Morgan fingerprint density at radius 3 is 2.54 bits per heavy atom. The number of hydrogen-bond donors (Lipinski definition) is 3. The van der Waals surface area contributed by atoms with Gasteiger partial charge in [-0.15, -0.1) is 0 Å². The Balaban J connectivity index is 1.56. The Hall–Kier alpha value is -3.08. The first kappa shape index (κ1) is 17.7. The first-order valence-electron chi connectivity index (χ1n) is 8.79. The van der Waals surface area contributed by atoms with E-state index in [-0.39, 0.29) is 5.92 Å². The number of aromatic nitrogens is 1. The second kappa shape index (κ2) is 7.87. The molecule has 1 aromatic heterocycles. The molecule has 0 saturated heterocycles. The molecule has 5 heteroatoms. The zero-order valence-corrected chi connectivity index (χ0v) is 15.0. The number of H-pyrrole nitrogens is 1. The highest BCUT2D eigenvalue weighted by Gasteiger charge is 2.16. The molecule has 5 nitrogen and oxygen atoms in total. The van der Waals surface area contributed by atoms with E-state index in [0.29, 0.717) is 18.7 Å². The molecule has 0 saturated carbocycles. The number of nitrogens with one attached hydrogen (secondary N) is 3. The SMILES string of the molecule is CC(C)c1ccccc1NC(=O)C(=O)NCCc1c[nH]c2ccccc12. The highest BCUT2D eigenvalue weighted by atomic mass is 16.2. The molecule has 3 rings (SSSR count). The van der Waals surface area contributed by atoms with Crippen molar-refractivity contribution in [1.29, 1.82) is 0 Å². The minimum Gasteiger partial charge on any atom is -0.361 e. The van der Waals surface area contributed by atoms with Crippen LogP contribution in [0.15, 0.2) is 54.7 Å². The van der Waals surface area contributed by atoms with Crippen molar-refractivity contribution >= 4 is 28.4 Å². The maximum Gasteiger partial charge on any atom is 0.313 e. The van der Waals surface area contributed by atoms with Gasteiger partial charge in [0, 0.05) is 29.3 Å². The van der Waals surface area contributed by atoms with Crippen LogP contribution < -0.4 is 10.6 Å². The van der Waals surface area contributed by atoms with Gasteiger partial charge in [-0.3, -0.25) is 9.59 Å². The van der Waals surface area contributed by atoms with Gasteiger partial charge in [-0.1, -0.05) is 50.2 Å². The molecule has 1 heterocycles. The van der Waals surface area contributed by atoms with Crippen LogP contribution in [0.5, 0.6) is 0 Å². The fourth-order valence-corrected chi connectivity index (χ4v) is 3.02. The van der Waals surface area contributed by atoms with Gasteiger partial charge in [0.05, 0.1) is 0 Å². The number of aromatic amines is 1. The molecule has 26 heavy (non-hydrogen) atoms. The van der Waals surface area contributed by atoms with Crippen molar-refractivity contribution in [1.82, 2.24) is 10.3 Å². The first-order valence-corrected chi connectivity index (χ1v) is 8.79. The third kappa shape index (κ3) is 3.94. The average Bonchev–Trinajstić information content (AvgIpc) is 3.05. The van der Waals surface area contributed by atoms with Gasteiger partial charge in [0.15, 0.2) is 0 Å². The summed E-state index contributed by atoms with van der Waals surface area (Å²) in [5, 5.41) is 6.53. The van der Waals surface area contributed by atoms with Gasteiger partial charge in [0.1, 0.15) is 0 Å². The Kier molecular flexibility index (Phi) is 5.37. The van der Waals surface area contributed by atoms with E-state index in [1.54, 1.807) is 0 Å². The Labute approximate surface area is 152 Å². The first-order chi connectivity index (χ1) is 12.6. The summed E-state index contributed by atoms with van der Waals surface area (Å²) >= 11 is 0. The number of anilines is 1. The van der Waals surface area contributed by atoms with Crippen LogP contribution >= 0.6 is 0 Å². The Morgan fingerprint density at radius 2 is 1.73 bits per heavy atom. The lowest BCUT2D eigenvalue weighted by atomic mass is 10.0. The molecule has 0 bridgehead atoms. The van der Waals surface area contributed by atoms with E-state index in [0.717, 1.165) is 22.0 Å². The predicted octanol–water partition coefficient (Wildman–Crippen LogP) is 3.59. The van der Waals surface area contributed by atoms with Gasteiger partial charge >= 0.3 is 11.8 Å². The fourth-order valence-electron chi connectivity index (χ4n) is 3.02.